The third kappa shape index (κ3) is 4.03. The fraction of sp³-hybridized carbons (Fsp3) is 0.160. The van der Waals surface area contributed by atoms with Gasteiger partial charge in [0.1, 0.15) is 10.8 Å². The monoisotopic (exact) mass is 493 g/mol. The van der Waals surface area contributed by atoms with E-state index in [2.05, 4.69) is 19.5 Å². The van der Waals surface area contributed by atoms with Crippen LogP contribution in [0.1, 0.15) is 25.5 Å². The van der Waals surface area contributed by atoms with Crippen molar-refractivity contribution in [3.8, 4) is 11.1 Å². The fourth-order valence-corrected chi connectivity index (χ4v) is 5.20. The summed E-state index contributed by atoms with van der Waals surface area (Å²) >= 11 is 5.95. The molecule has 3 heterocycles. The molecule has 0 spiro atoms. The van der Waals surface area contributed by atoms with Crippen molar-refractivity contribution in [1.82, 2.24) is 20.2 Å². The van der Waals surface area contributed by atoms with E-state index >= 15 is 0 Å². The Hall–Kier alpha value is -3.36. The number of aromatic nitrogens is 4. The molecule has 1 unspecified atom stereocenters. The first-order valence-corrected chi connectivity index (χ1v) is 12.9. The molecule has 5 rings (SSSR count). The maximum Gasteiger partial charge on any atom is 0.170 e. The lowest BCUT2D eigenvalue weighted by Gasteiger charge is -2.17. The maximum atomic E-state index is 13.7. The standard InChI is InChI=1S/C25H21ClFN5OS/c1-14(2)24-23(15-4-7-18(27)8-5-15)19-10-16-12-29-31-21(16)11-20(19)25(30-24)32-34(3,33)22-9-6-17(26)13-28-22/h4-14H,1-3H3,(H,29,31). The van der Waals surface area contributed by atoms with Crippen LogP contribution in [-0.4, -0.2) is 30.6 Å². The van der Waals surface area contributed by atoms with Crippen molar-refractivity contribution < 1.29 is 8.60 Å². The molecule has 0 radical (unpaired) electrons. The van der Waals surface area contributed by atoms with E-state index in [4.69, 9.17) is 16.6 Å². The molecule has 0 saturated carbocycles. The summed E-state index contributed by atoms with van der Waals surface area (Å²) in [4.78, 5) is 9.11. The van der Waals surface area contributed by atoms with Gasteiger partial charge in [0.25, 0.3) is 0 Å². The van der Waals surface area contributed by atoms with Gasteiger partial charge in [-0.25, -0.2) is 18.6 Å². The number of pyridine rings is 2. The zero-order valence-electron chi connectivity index (χ0n) is 18.7. The molecule has 0 fully saturated rings. The fourth-order valence-electron chi connectivity index (χ4n) is 3.96. The zero-order chi connectivity index (χ0) is 24.0. The summed E-state index contributed by atoms with van der Waals surface area (Å²) in [5.41, 5.74) is 3.31. The number of halogens is 2. The highest BCUT2D eigenvalue weighted by atomic mass is 35.5. The molecule has 34 heavy (non-hydrogen) atoms. The van der Waals surface area contributed by atoms with E-state index in [1.54, 1.807) is 30.5 Å². The molecule has 1 N–H and O–H groups in total. The Morgan fingerprint density at radius 3 is 2.50 bits per heavy atom. The van der Waals surface area contributed by atoms with Crippen LogP contribution in [0.3, 0.4) is 0 Å². The topological polar surface area (TPSA) is 83.9 Å². The van der Waals surface area contributed by atoms with Gasteiger partial charge >= 0.3 is 0 Å². The number of benzene rings is 2. The normalized spacial score (nSPS) is 13.5. The van der Waals surface area contributed by atoms with Crippen LogP contribution in [0.5, 0.6) is 0 Å². The number of H-pyrrole nitrogens is 1. The molecule has 0 aliphatic carbocycles. The molecule has 1 atom stereocenters. The quantitative estimate of drug-likeness (QED) is 0.296. The Balaban J connectivity index is 1.88. The van der Waals surface area contributed by atoms with Crippen molar-refractivity contribution in [1.29, 1.82) is 0 Å². The van der Waals surface area contributed by atoms with Crippen molar-refractivity contribution in [2.24, 2.45) is 4.36 Å². The average Bonchev–Trinajstić information content (AvgIpc) is 3.26. The molecule has 0 aliphatic heterocycles. The molecular weight excluding hydrogens is 473 g/mol. The van der Waals surface area contributed by atoms with Gasteiger partial charge in [0.15, 0.2) is 5.82 Å². The van der Waals surface area contributed by atoms with Crippen molar-refractivity contribution in [3.63, 3.8) is 0 Å². The van der Waals surface area contributed by atoms with Crippen LogP contribution in [0, 0.1) is 5.82 Å². The molecule has 5 aromatic rings. The summed E-state index contributed by atoms with van der Waals surface area (Å²) < 4.78 is 31.9. The number of hydrogen-bond donors (Lipinski definition) is 1. The Kier molecular flexibility index (Phi) is 5.58. The van der Waals surface area contributed by atoms with Gasteiger partial charge in [-0.05, 0) is 53.3 Å². The molecule has 6 nitrogen and oxygen atoms in total. The zero-order valence-corrected chi connectivity index (χ0v) is 20.3. The third-order valence-corrected chi connectivity index (χ3v) is 7.36. The third-order valence-electron chi connectivity index (χ3n) is 5.60. The first kappa shape index (κ1) is 22.4. The van der Waals surface area contributed by atoms with E-state index in [1.807, 2.05) is 26.0 Å². The smallest absolute Gasteiger partial charge is 0.170 e. The number of hydrogen-bond acceptors (Lipinski definition) is 5. The summed E-state index contributed by atoms with van der Waals surface area (Å²) in [6, 6.07) is 13.5. The van der Waals surface area contributed by atoms with Crippen LogP contribution in [0.15, 0.2) is 70.3 Å². The van der Waals surface area contributed by atoms with Crippen LogP contribution in [0.2, 0.25) is 5.02 Å². The van der Waals surface area contributed by atoms with Gasteiger partial charge in [-0.2, -0.15) is 9.46 Å². The summed E-state index contributed by atoms with van der Waals surface area (Å²) in [5, 5.41) is 10.4. The number of nitrogens with zero attached hydrogens (tertiary/aromatic N) is 4. The average molecular weight is 494 g/mol. The lowest BCUT2D eigenvalue weighted by atomic mass is 9.92. The van der Waals surface area contributed by atoms with E-state index in [0.717, 1.165) is 33.1 Å². The van der Waals surface area contributed by atoms with Gasteiger partial charge in [-0.15, -0.1) is 0 Å². The number of rotatable bonds is 4. The van der Waals surface area contributed by atoms with Gasteiger partial charge in [0.05, 0.1) is 32.2 Å². The predicted molar refractivity (Wildman–Crippen MR) is 135 cm³/mol. The minimum atomic E-state index is -2.92. The van der Waals surface area contributed by atoms with Gasteiger partial charge in [0.2, 0.25) is 0 Å². The maximum absolute atomic E-state index is 13.7. The molecular formula is C25H21ClFN5OS. The minimum absolute atomic E-state index is 0.0278. The lowest BCUT2D eigenvalue weighted by Crippen LogP contribution is -2.03. The highest BCUT2D eigenvalue weighted by Crippen LogP contribution is 2.40. The second kappa shape index (κ2) is 8.45. The van der Waals surface area contributed by atoms with Gasteiger partial charge < -0.3 is 0 Å². The van der Waals surface area contributed by atoms with Crippen molar-refractivity contribution >= 4 is 48.8 Å². The second-order valence-corrected chi connectivity index (χ2v) is 11.1. The van der Waals surface area contributed by atoms with Crippen LogP contribution in [0.4, 0.5) is 10.2 Å². The molecule has 0 aliphatic rings. The Bertz CT molecular complexity index is 1650. The van der Waals surface area contributed by atoms with Gasteiger partial charge in [0, 0.05) is 28.8 Å². The van der Waals surface area contributed by atoms with Crippen molar-refractivity contribution in [3.05, 3.63) is 77.5 Å². The number of nitrogens with one attached hydrogen (secondary N) is 1. The van der Waals surface area contributed by atoms with Crippen molar-refractivity contribution in [2.75, 3.05) is 6.26 Å². The van der Waals surface area contributed by atoms with Crippen LogP contribution in [-0.2, 0) is 9.73 Å². The molecule has 2 aromatic carbocycles. The SMILES string of the molecule is CC(C)c1nc(N=S(C)(=O)c2ccc(Cl)cn2)c2cc3[nH]ncc3cc2c1-c1ccc(F)cc1. The molecule has 0 saturated heterocycles. The van der Waals surface area contributed by atoms with E-state index in [-0.39, 0.29) is 11.7 Å². The second-order valence-electron chi connectivity index (χ2n) is 8.42. The predicted octanol–water partition coefficient (Wildman–Crippen LogP) is 6.88. The molecule has 3 aromatic heterocycles. The van der Waals surface area contributed by atoms with E-state index in [1.165, 1.54) is 24.6 Å². The molecule has 0 amide bonds. The first-order chi connectivity index (χ1) is 16.2. The van der Waals surface area contributed by atoms with Crippen LogP contribution in [0.25, 0.3) is 32.8 Å². The van der Waals surface area contributed by atoms with E-state index in [0.29, 0.717) is 21.3 Å². The Labute approximate surface area is 201 Å². The highest BCUT2D eigenvalue weighted by molar-refractivity contribution is 7.93. The minimum Gasteiger partial charge on any atom is -0.278 e. The van der Waals surface area contributed by atoms with Crippen molar-refractivity contribution in [2.45, 2.75) is 24.8 Å². The summed E-state index contributed by atoms with van der Waals surface area (Å²) in [6.07, 6.45) is 4.73. The first-order valence-electron chi connectivity index (χ1n) is 10.6. The Morgan fingerprint density at radius 1 is 1.06 bits per heavy atom. The molecule has 172 valence electrons. The largest absolute Gasteiger partial charge is 0.278 e. The van der Waals surface area contributed by atoms with Crippen LogP contribution >= 0.6 is 11.6 Å². The highest BCUT2D eigenvalue weighted by Gasteiger charge is 2.20. The van der Waals surface area contributed by atoms with E-state index < -0.39 is 9.73 Å². The number of aromatic amines is 1. The van der Waals surface area contributed by atoms with Gasteiger partial charge in [-0.3, -0.25) is 5.10 Å². The summed E-state index contributed by atoms with van der Waals surface area (Å²) in [5.74, 6) is 0.0717. The molecule has 9 heteroatoms. The van der Waals surface area contributed by atoms with Crippen LogP contribution < -0.4 is 0 Å². The summed E-state index contributed by atoms with van der Waals surface area (Å²) in [6.45, 7) is 4.07. The summed E-state index contributed by atoms with van der Waals surface area (Å²) in [7, 11) is -2.92. The van der Waals surface area contributed by atoms with Gasteiger partial charge in [-0.1, -0.05) is 37.6 Å². The Morgan fingerprint density at radius 2 is 1.82 bits per heavy atom. The van der Waals surface area contributed by atoms with E-state index in [9.17, 15) is 8.60 Å². The molecule has 0 bridgehead atoms. The number of fused-ring (bicyclic) bond motifs is 2. The lowest BCUT2D eigenvalue weighted by molar-refractivity contribution is 0.628.